The van der Waals surface area contributed by atoms with Crippen molar-refractivity contribution in [1.29, 1.82) is 0 Å². The predicted octanol–water partition coefficient (Wildman–Crippen LogP) is 2.58. The van der Waals surface area contributed by atoms with E-state index in [1.807, 2.05) is 30.3 Å². The van der Waals surface area contributed by atoms with Crippen molar-refractivity contribution in [2.24, 2.45) is 5.92 Å². The number of benzene rings is 1. The molecule has 0 spiro atoms. The Balaban J connectivity index is 0.000000184. The van der Waals surface area contributed by atoms with Gasteiger partial charge in [0.05, 0.1) is 6.20 Å². The summed E-state index contributed by atoms with van der Waals surface area (Å²) in [6.07, 6.45) is 4.21. The number of carbonyl (C=O) groups is 2. The molecule has 2 aliphatic heterocycles. The Morgan fingerprint density at radius 1 is 1.23 bits per heavy atom. The summed E-state index contributed by atoms with van der Waals surface area (Å²) >= 11 is 0. The number of amides is 1. The van der Waals surface area contributed by atoms with E-state index in [-0.39, 0.29) is 6.09 Å². The molecule has 8 heteroatoms. The summed E-state index contributed by atoms with van der Waals surface area (Å²) < 4.78 is 15.6. The van der Waals surface area contributed by atoms with Crippen molar-refractivity contribution in [3.63, 3.8) is 0 Å². The highest BCUT2D eigenvalue weighted by Crippen LogP contribution is 2.28. The van der Waals surface area contributed by atoms with Crippen LogP contribution in [0.1, 0.15) is 28.9 Å². The molecule has 1 fully saturated rings. The summed E-state index contributed by atoms with van der Waals surface area (Å²) in [5.41, 5.74) is 1.37. The number of piperidine rings is 1. The zero-order valence-electron chi connectivity index (χ0n) is 16.8. The molecule has 4 rings (SSSR count). The first kappa shape index (κ1) is 21.6. The Kier molecular flexibility index (Phi) is 8.47. The maximum absolute atomic E-state index is 11.5. The predicted molar refractivity (Wildman–Crippen MR) is 111 cm³/mol. The molecule has 1 aromatic carbocycles. The monoisotopic (exact) mass is 413 g/mol. The van der Waals surface area contributed by atoms with Gasteiger partial charge in [-0.1, -0.05) is 30.3 Å². The van der Waals surface area contributed by atoms with E-state index >= 15 is 0 Å². The van der Waals surface area contributed by atoms with Crippen LogP contribution in [-0.4, -0.2) is 50.2 Å². The number of rotatable bonds is 5. The van der Waals surface area contributed by atoms with Gasteiger partial charge in [0, 0.05) is 12.6 Å². The molecule has 0 aliphatic carbocycles. The van der Waals surface area contributed by atoms with Crippen LogP contribution < -0.4 is 20.1 Å². The lowest BCUT2D eigenvalue weighted by Crippen LogP contribution is -2.38. The summed E-state index contributed by atoms with van der Waals surface area (Å²) in [7, 11) is 0. The Hall–Kier alpha value is -3.13. The number of ether oxygens (including phenoxy) is 3. The van der Waals surface area contributed by atoms with Crippen LogP contribution in [0.15, 0.2) is 42.6 Å². The van der Waals surface area contributed by atoms with Crippen LogP contribution in [0.4, 0.5) is 4.79 Å². The fourth-order valence-corrected chi connectivity index (χ4v) is 3.13. The second-order valence-electron chi connectivity index (χ2n) is 7.03. The van der Waals surface area contributed by atoms with Crippen molar-refractivity contribution < 1.29 is 23.8 Å². The Bertz CT molecular complexity index is 810. The molecule has 0 unspecified atom stereocenters. The molecule has 0 saturated carbocycles. The van der Waals surface area contributed by atoms with Gasteiger partial charge < -0.3 is 24.8 Å². The molecule has 0 radical (unpaired) electrons. The SMILES string of the molecule is O=C(NC[C@@H]1CCCNC1)OCc1ccccc1.O=Cc1cc2c(cn1)OCCO2. The molecule has 2 aliphatic rings. The van der Waals surface area contributed by atoms with Crippen LogP contribution >= 0.6 is 0 Å². The van der Waals surface area contributed by atoms with Gasteiger partial charge in [-0.05, 0) is 37.4 Å². The molecule has 2 aromatic rings. The summed E-state index contributed by atoms with van der Waals surface area (Å²) in [5, 5.41) is 6.15. The van der Waals surface area contributed by atoms with Crippen molar-refractivity contribution in [3.8, 4) is 11.5 Å². The number of nitrogens with one attached hydrogen (secondary N) is 2. The summed E-state index contributed by atoms with van der Waals surface area (Å²) in [6.45, 7) is 4.16. The second-order valence-corrected chi connectivity index (χ2v) is 7.03. The maximum Gasteiger partial charge on any atom is 0.407 e. The highest BCUT2D eigenvalue weighted by molar-refractivity contribution is 5.73. The molecular formula is C22H27N3O5. The molecule has 8 nitrogen and oxygen atoms in total. The summed E-state index contributed by atoms with van der Waals surface area (Å²) in [6, 6.07) is 11.3. The van der Waals surface area contributed by atoms with Gasteiger partial charge in [0.15, 0.2) is 17.8 Å². The molecule has 1 aromatic heterocycles. The number of hydrogen-bond acceptors (Lipinski definition) is 7. The van der Waals surface area contributed by atoms with Crippen LogP contribution in [-0.2, 0) is 11.3 Å². The largest absolute Gasteiger partial charge is 0.486 e. The van der Waals surface area contributed by atoms with E-state index in [1.165, 1.54) is 19.0 Å². The molecule has 2 N–H and O–H groups in total. The molecule has 0 bridgehead atoms. The first-order valence-electron chi connectivity index (χ1n) is 10.1. The first-order chi connectivity index (χ1) is 14.7. The summed E-state index contributed by atoms with van der Waals surface area (Å²) in [4.78, 5) is 25.7. The van der Waals surface area contributed by atoms with Crippen LogP contribution in [0.25, 0.3) is 0 Å². The van der Waals surface area contributed by atoms with E-state index in [9.17, 15) is 9.59 Å². The Morgan fingerprint density at radius 3 is 2.77 bits per heavy atom. The maximum atomic E-state index is 11.5. The highest BCUT2D eigenvalue weighted by atomic mass is 16.6. The smallest absolute Gasteiger partial charge is 0.407 e. The van der Waals surface area contributed by atoms with E-state index in [0.29, 0.717) is 55.8 Å². The number of alkyl carbamates (subject to hydrolysis) is 1. The van der Waals surface area contributed by atoms with Gasteiger partial charge in [-0.3, -0.25) is 4.79 Å². The van der Waals surface area contributed by atoms with Gasteiger partial charge in [0.2, 0.25) is 0 Å². The van der Waals surface area contributed by atoms with Crippen molar-refractivity contribution in [2.75, 3.05) is 32.8 Å². The van der Waals surface area contributed by atoms with Crippen LogP contribution in [0.2, 0.25) is 0 Å². The minimum absolute atomic E-state index is 0.329. The number of nitrogens with zero attached hydrogens (tertiary/aromatic N) is 1. The summed E-state index contributed by atoms with van der Waals surface area (Å²) in [5.74, 6) is 1.73. The third-order valence-electron chi connectivity index (χ3n) is 4.72. The van der Waals surface area contributed by atoms with E-state index in [4.69, 9.17) is 14.2 Å². The Morgan fingerprint density at radius 2 is 2.03 bits per heavy atom. The molecule has 30 heavy (non-hydrogen) atoms. The lowest BCUT2D eigenvalue weighted by molar-refractivity contribution is 0.111. The van der Waals surface area contributed by atoms with Crippen molar-refractivity contribution in [3.05, 3.63) is 53.9 Å². The minimum Gasteiger partial charge on any atom is -0.486 e. The Labute approximate surface area is 175 Å². The molecule has 1 atom stereocenters. The number of carbonyl (C=O) groups excluding carboxylic acids is 2. The highest BCUT2D eigenvalue weighted by Gasteiger charge is 2.14. The molecule has 1 saturated heterocycles. The van der Waals surface area contributed by atoms with Crippen molar-refractivity contribution >= 4 is 12.4 Å². The standard InChI is InChI=1S/C14H20N2O2.C8H7NO3/c17-14(16-10-13-7-4-8-15-9-13)18-11-12-5-2-1-3-6-12;10-5-6-3-7-8(4-9-6)12-2-1-11-7/h1-3,5-6,13,15H,4,7-11H2,(H,16,17);3-5H,1-2H2/t13-;/m1./s1. The average molecular weight is 413 g/mol. The fourth-order valence-electron chi connectivity index (χ4n) is 3.13. The van der Waals surface area contributed by atoms with Gasteiger partial charge in [0.25, 0.3) is 0 Å². The number of pyridine rings is 1. The van der Waals surface area contributed by atoms with E-state index in [2.05, 4.69) is 15.6 Å². The topological polar surface area (TPSA) is 98.8 Å². The molecule has 160 valence electrons. The van der Waals surface area contributed by atoms with Gasteiger partial charge >= 0.3 is 6.09 Å². The van der Waals surface area contributed by atoms with Gasteiger partial charge in [-0.2, -0.15) is 0 Å². The minimum atomic E-state index is -0.329. The quantitative estimate of drug-likeness (QED) is 0.727. The zero-order valence-corrected chi connectivity index (χ0v) is 16.8. The first-order valence-corrected chi connectivity index (χ1v) is 10.1. The van der Waals surface area contributed by atoms with E-state index < -0.39 is 0 Å². The molecule has 3 heterocycles. The van der Waals surface area contributed by atoms with Crippen LogP contribution in [0.3, 0.4) is 0 Å². The number of aldehydes is 1. The van der Waals surface area contributed by atoms with E-state index in [0.717, 1.165) is 18.7 Å². The third-order valence-corrected chi connectivity index (χ3v) is 4.72. The molecular weight excluding hydrogens is 386 g/mol. The van der Waals surface area contributed by atoms with Crippen LogP contribution in [0, 0.1) is 5.92 Å². The molecule has 1 amide bonds. The van der Waals surface area contributed by atoms with E-state index in [1.54, 1.807) is 6.07 Å². The lowest BCUT2D eigenvalue weighted by Gasteiger charge is -2.22. The number of aromatic nitrogens is 1. The van der Waals surface area contributed by atoms with Gasteiger partial charge in [0.1, 0.15) is 25.5 Å². The normalized spacial score (nSPS) is 17.1. The fraction of sp³-hybridized carbons (Fsp3) is 0.409. The van der Waals surface area contributed by atoms with Crippen LogP contribution in [0.5, 0.6) is 11.5 Å². The number of fused-ring (bicyclic) bond motifs is 1. The second kappa shape index (κ2) is 11.8. The van der Waals surface area contributed by atoms with Gasteiger partial charge in [-0.25, -0.2) is 9.78 Å². The lowest BCUT2D eigenvalue weighted by atomic mass is 10.00. The van der Waals surface area contributed by atoms with Crippen molar-refractivity contribution in [2.45, 2.75) is 19.4 Å². The third kappa shape index (κ3) is 7.04. The van der Waals surface area contributed by atoms with Crippen molar-refractivity contribution in [1.82, 2.24) is 15.6 Å². The average Bonchev–Trinajstić information content (AvgIpc) is 2.83. The zero-order chi connectivity index (χ0) is 21.0. The van der Waals surface area contributed by atoms with Gasteiger partial charge in [-0.15, -0.1) is 0 Å². The number of hydrogen-bond donors (Lipinski definition) is 2.